The van der Waals surface area contributed by atoms with E-state index in [2.05, 4.69) is 31.3 Å². The number of phenols is 1. The van der Waals surface area contributed by atoms with Crippen LogP contribution >= 0.6 is 23.4 Å². The number of nitrogens with one attached hydrogen (secondary N) is 1. The molecule has 2 aliphatic heterocycles. The Morgan fingerprint density at radius 1 is 1.26 bits per heavy atom. The van der Waals surface area contributed by atoms with Crippen LogP contribution in [0.3, 0.4) is 0 Å². The van der Waals surface area contributed by atoms with Crippen LogP contribution in [0.15, 0.2) is 47.5 Å². The van der Waals surface area contributed by atoms with E-state index < -0.39 is 5.72 Å². The molecule has 0 amide bonds. The number of hydrogen-bond donors (Lipinski definition) is 2. The molecular formula is C21H23ClN2O2S. The molecule has 4 rings (SSSR count). The Balaban J connectivity index is 1.87. The van der Waals surface area contributed by atoms with Crippen molar-refractivity contribution in [3.63, 3.8) is 0 Å². The van der Waals surface area contributed by atoms with E-state index in [1.807, 2.05) is 30.5 Å². The number of ether oxygens (including phenoxy) is 1. The standard InChI is InChI=1S/C21H23ClN2O2S/c1-20(2)12-21(24-19(23-20)27-3)11-15(13-7-5-4-6-8-13)14-9-16(22)17(25)10-18(14)26-21/h4-10,15,25H,11-12H2,1-3H3,(H,23,24)/t15-,21-/m0/s1. The number of halogens is 1. The lowest BCUT2D eigenvalue weighted by atomic mass is 9.78. The summed E-state index contributed by atoms with van der Waals surface area (Å²) in [6.45, 7) is 4.32. The Morgan fingerprint density at radius 3 is 2.70 bits per heavy atom. The highest BCUT2D eigenvalue weighted by Crippen LogP contribution is 2.50. The van der Waals surface area contributed by atoms with E-state index in [4.69, 9.17) is 21.3 Å². The molecule has 142 valence electrons. The highest BCUT2D eigenvalue weighted by atomic mass is 35.5. The number of fused-ring (bicyclic) bond motifs is 1. The summed E-state index contributed by atoms with van der Waals surface area (Å²) in [6, 6.07) is 13.8. The van der Waals surface area contributed by atoms with Crippen LogP contribution in [0.5, 0.6) is 11.5 Å². The summed E-state index contributed by atoms with van der Waals surface area (Å²) in [5.74, 6) is 0.772. The maximum absolute atomic E-state index is 10.2. The van der Waals surface area contributed by atoms with Gasteiger partial charge in [-0.05, 0) is 31.7 Å². The Kier molecular flexibility index (Phi) is 4.55. The Morgan fingerprint density at radius 2 is 2.00 bits per heavy atom. The summed E-state index contributed by atoms with van der Waals surface area (Å²) in [4.78, 5) is 4.95. The molecule has 2 aromatic carbocycles. The van der Waals surface area contributed by atoms with E-state index in [0.29, 0.717) is 10.8 Å². The molecule has 1 spiro atoms. The third-order valence-corrected chi connectivity index (χ3v) is 6.02. The summed E-state index contributed by atoms with van der Waals surface area (Å²) >= 11 is 7.81. The topological polar surface area (TPSA) is 53.9 Å². The van der Waals surface area contributed by atoms with Crippen LogP contribution in [0, 0.1) is 0 Å². The summed E-state index contributed by atoms with van der Waals surface area (Å²) in [5.41, 5.74) is 1.36. The van der Waals surface area contributed by atoms with Crippen LogP contribution in [-0.2, 0) is 0 Å². The second-order valence-corrected chi connectivity index (χ2v) is 9.07. The molecule has 2 atom stereocenters. The maximum Gasteiger partial charge on any atom is 0.206 e. The fraction of sp³-hybridized carbons (Fsp3) is 0.381. The smallest absolute Gasteiger partial charge is 0.206 e. The molecule has 0 unspecified atom stereocenters. The highest BCUT2D eigenvalue weighted by molar-refractivity contribution is 8.13. The second-order valence-electron chi connectivity index (χ2n) is 7.86. The highest BCUT2D eigenvalue weighted by Gasteiger charge is 2.48. The van der Waals surface area contributed by atoms with Crippen molar-refractivity contribution in [2.24, 2.45) is 4.99 Å². The molecule has 2 heterocycles. The lowest BCUT2D eigenvalue weighted by Crippen LogP contribution is -2.56. The Labute approximate surface area is 169 Å². The molecule has 0 fully saturated rings. The zero-order valence-electron chi connectivity index (χ0n) is 15.6. The molecule has 0 radical (unpaired) electrons. The third kappa shape index (κ3) is 3.50. The molecule has 0 saturated heterocycles. The van der Waals surface area contributed by atoms with Gasteiger partial charge in [-0.25, -0.2) is 4.99 Å². The van der Waals surface area contributed by atoms with Crippen LogP contribution < -0.4 is 10.1 Å². The Hall–Kier alpha value is -1.85. The minimum atomic E-state index is -0.680. The van der Waals surface area contributed by atoms with Gasteiger partial charge in [0, 0.05) is 35.9 Å². The first-order valence-electron chi connectivity index (χ1n) is 8.99. The van der Waals surface area contributed by atoms with Gasteiger partial charge in [0.05, 0.1) is 5.02 Å². The van der Waals surface area contributed by atoms with Gasteiger partial charge in [-0.2, -0.15) is 0 Å². The van der Waals surface area contributed by atoms with Gasteiger partial charge in [-0.3, -0.25) is 0 Å². The fourth-order valence-electron chi connectivity index (χ4n) is 4.13. The predicted octanol–water partition coefficient (Wildman–Crippen LogP) is 5.15. The molecule has 2 aromatic rings. The monoisotopic (exact) mass is 402 g/mol. The van der Waals surface area contributed by atoms with E-state index in [-0.39, 0.29) is 17.2 Å². The van der Waals surface area contributed by atoms with Gasteiger partial charge >= 0.3 is 0 Å². The number of hydrogen-bond acceptors (Lipinski definition) is 5. The van der Waals surface area contributed by atoms with Crippen molar-refractivity contribution >= 4 is 28.5 Å². The number of aliphatic imine (C=N–C) groups is 1. The largest absolute Gasteiger partial charge is 0.506 e. The number of rotatable bonds is 1. The van der Waals surface area contributed by atoms with Gasteiger partial charge in [0.1, 0.15) is 11.5 Å². The Bertz CT molecular complexity index is 901. The van der Waals surface area contributed by atoms with E-state index in [1.54, 1.807) is 17.8 Å². The molecule has 0 saturated carbocycles. The number of benzene rings is 2. The molecule has 2 aliphatic rings. The summed E-state index contributed by atoms with van der Waals surface area (Å²) in [6.07, 6.45) is 3.47. The van der Waals surface area contributed by atoms with Gasteiger partial charge in [0.25, 0.3) is 0 Å². The van der Waals surface area contributed by atoms with Crippen molar-refractivity contribution in [3.8, 4) is 11.5 Å². The lowest BCUT2D eigenvalue weighted by molar-refractivity contribution is 0.0134. The average Bonchev–Trinajstić information content (AvgIpc) is 2.62. The van der Waals surface area contributed by atoms with E-state index >= 15 is 0 Å². The quantitative estimate of drug-likeness (QED) is 0.692. The van der Waals surface area contributed by atoms with Crippen molar-refractivity contribution in [1.82, 2.24) is 5.32 Å². The van der Waals surface area contributed by atoms with Gasteiger partial charge in [-0.15, -0.1) is 0 Å². The molecule has 0 bridgehead atoms. The predicted molar refractivity (Wildman–Crippen MR) is 112 cm³/mol. The first-order chi connectivity index (χ1) is 12.8. The van der Waals surface area contributed by atoms with Crippen molar-refractivity contribution in [2.75, 3.05) is 6.26 Å². The number of thioether (sulfide) groups is 1. The lowest BCUT2D eigenvalue weighted by Gasteiger charge is -2.47. The van der Waals surface area contributed by atoms with Gasteiger partial charge < -0.3 is 15.2 Å². The molecule has 0 aromatic heterocycles. The summed E-state index contributed by atoms with van der Waals surface area (Å²) < 4.78 is 6.46. The first kappa shape index (κ1) is 18.5. The van der Waals surface area contributed by atoms with Crippen LogP contribution in [0.2, 0.25) is 5.02 Å². The van der Waals surface area contributed by atoms with Crippen LogP contribution in [0.25, 0.3) is 0 Å². The number of aromatic hydroxyl groups is 1. The van der Waals surface area contributed by atoms with E-state index in [1.165, 1.54) is 5.56 Å². The zero-order chi connectivity index (χ0) is 19.2. The number of nitrogens with zero attached hydrogens (tertiary/aromatic N) is 1. The molecule has 6 heteroatoms. The van der Waals surface area contributed by atoms with Crippen LogP contribution in [-0.4, -0.2) is 27.8 Å². The van der Waals surface area contributed by atoms with Gasteiger partial charge in [-0.1, -0.05) is 53.7 Å². The SMILES string of the molecule is CSC1=N[C@]2(C[C@@H](c3ccccc3)c3cc(Cl)c(O)cc3O2)CC(C)(C)N1. The van der Waals surface area contributed by atoms with Crippen molar-refractivity contribution in [2.45, 2.75) is 43.9 Å². The summed E-state index contributed by atoms with van der Waals surface area (Å²) in [7, 11) is 0. The van der Waals surface area contributed by atoms with Crippen molar-refractivity contribution in [1.29, 1.82) is 0 Å². The van der Waals surface area contributed by atoms with E-state index in [0.717, 1.165) is 23.6 Å². The first-order valence-corrected chi connectivity index (χ1v) is 10.6. The average molecular weight is 403 g/mol. The minimum Gasteiger partial charge on any atom is -0.506 e. The minimum absolute atomic E-state index is 0.0292. The molecule has 0 aliphatic carbocycles. The fourth-order valence-corrected chi connectivity index (χ4v) is 4.94. The number of phenolic OH excluding ortho intramolecular Hbond substituents is 1. The van der Waals surface area contributed by atoms with Crippen molar-refractivity contribution in [3.05, 3.63) is 58.6 Å². The molecule has 2 N–H and O–H groups in total. The van der Waals surface area contributed by atoms with Gasteiger partial charge in [0.2, 0.25) is 5.72 Å². The molecular weight excluding hydrogens is 380 g/mol. The van der Waals surface area contributed by atoms with Crippen molar-refractivity contribution < 1.29 is 9.84 Å². The maximum atomic E-state index is 10.2. The molecule has 27 heavy (non-hydrogen) atoms. The zero-order valence-corrected chi connectivity index (χ0v) is 17.2. The van der Waals surface area contributed by atoms with Crippen LogP contribution in [0.4, 0.5) is 0 Å². The number of amidine groups is 1. The normalized spacial score (nSPS) is 25.9. The third-order valence-electron chi connectivity index (χ3n) is 5.14. The van der Waals surface area contributed by atoms with E-state index in [9.17, 15) is 5.11 Å². The molecule has 4 nitrogen and oxygen atoms in total. The van der Waals surface area contributed by atoms with Crippen LogP contribution in [0.1, 0.15) is 43.7 Å². The second kappa shape index (κ2) is 6.64. The summed E-state index contributed by atoms with van der Waals surface area (Å²) in [5, 5.41) is 14.8. The van der Waals surface area contributed by atoms with Gasteiger partial charge in [0.15, 0.2) is 5.17 Å².